The first-order valence-corrected chi connectivity index (χ1v) is 5.46. The van der Waals surface area contributed by atoms with Gasteiger partial charge in [0.1, 0.15) is 6.61 Å². The molecular weight excluding hydrogens is 240 g/mol. The van der Waals surface area contributed by atoms with Crippen LogP contribution < -0.4 is 4.74 Å². The van der Waals surface area contributed by atoms with Crippen LogP contribution in [0.1, 0.15) is 6.92 Å². The summed E-state index contributed by atoms with van der Waals surface area (Å²) in [5.74, 6) is 0.541. The van der Waals surface area contributed by atoms with Crippen molar-refractivity contribution in [3.05, 3.63) is 41.7 Å². The number of carbonyl (C=O) groups is 1. The minimum Gasteiger partial charge on any atom is -0.483 e. The van der Waals surface area contributed by atoms with Gasteiger partial charge in [-0.05, 0) is 31.2 Å². The van der Waals surface area contributed by atoms with Gasteiger partial charge >= 0.3 is 0 Å². The molecule has 0 spiro atoms. The van der Waals surface area contributed by atoms with E-state index in [1.807, 2.05) is 12.1 Å². The number of rotatable bonds is 4. The zero-order chi connectivity index (χ0) is 12.3. The van der Waals surface area contributed by atoms with Gasteiger partial charge < -0.3 is 4.74 Å². The molecule has 2 aromatic rings. The molecule has 0 fully saturated rings. The number of hydrogen-bond acceptors (Lipinski definition) is 3. The molecule has 0 atom stereocenters. The van der Waals surface area contributed by atoms with E-state index in [2.05, 4.69) is 5.10 Å². The van der Waals surface area contributed by atoms with Gasteiger partial charge in [-0.3, -0.25) is 4.79 Å². The number of hydrogen-bond donors (Lipinski definition) is 0. The fraction of sp³-hybridized carbons (Fsp3) is 0.167. The van der Waals surface area contributed by atoms with Gasteiger partial charge in [-0.2, -0.15) is 5.10 Å². The van der Waals surface area contributed by atoms with E-state index >= 15 is 0 Å². The van der Waals surface area contributed by atoms with Crippen molar-refractivity contribution in [3.8, 4) is 11.4 Å². The highest BCUT2D eigenvalue weighted by molar-refractivity contribution is 6.30. The lowest BCUT2D eigenvalue weighted by atomic mass is 10.3. The number of benzene rings is 1. The lowest BCUT2D eigenvalue weighted by Gasteiger charge is -2.00. The number of Topliss-reactive ketones (excluding diaryl/α,β-unsaturated/α-hetero) is 1. The average Bonchev–Trinajstić information content (AvgIpc) is 2.76. The zero-order valence-corrected chi connectivity index (χ0v) is 10.0. The van der Waals surface area contributed by atoms with E-state index in [-0.39, 0.29) is 12.4 Å². The second kappa shape index (κ2) is 5.01. The number of ketones is 1. The maximum absolute atomic E-state index is 10.8. The van der Waals surface area contributed by atoms with E-state index in [4.69, 9.17) is 16.3 Å². The van der Waals surface area contributed by atoms with Crippen LogP contribution in [0, 0.1) is 0 Å². The highest BCUT2D eigenvalue weighted by Crippen LogP contribution is 2.16. The lowest BCUT2D eigenvalue weighted by Crippen LogP contribution is -2.05. The number of aromatic nitrogens is 2. The number of ether oxygens (including phenoxy) is 1. The molecule has 0 unspecified atom stereocenters. The molecule has 0 bridgehead atoms. The van der Waals surface area contributed by atoms with E-state index < -0.39 is 0 Å². The predicted octanol–water partition coefficient (Wildman–Crippen LogP) is 2.49. The Morgan fingerprint density at radius 3 is 2.76 bits per heavy atom. The van der Waals surface area contributed by atoms with Gasteiger partial charge in [-0.15, -0.1) is 0 Å². The summed E-state index contributed by atoms with van der Waals surface area (Å²) in [5, 5.41) is 4.81. The summed E-state index contributed by atoms with van der Waals surface area (Å²) in [6.45, 7) is 1.54. The molecule has 17 heavy (non-hydrogen) atoms. The van der Waals surface area contributed by atoms with Crippen LogP contribution in [-0.2, 0) is 4.79 Å². The van der Waals surface area contributed by atoms with Crippen molar-refractivity contribution in [2.45, 2.75) is 6.92 Å². The van der Waals surface area contributed by atoms with E-state index in [9.17, 15) is 4.79 Å². The smallest absolute Gasteiger partial charge is 0.167 e. The Morgan fingerprint density at radius 2 is 2.12 bits per heavy atom. The third kappa shape index (κ3) is 3.07. The standard InChI is InChI=1S/C12H11ClN2O2/c1-9(16)8-17-12-6-14-15(7-12)11-4-2-10(13)3-5-11/h2-7H,8H2,1H3. The summed E-state index contributed by atoms with van der Waals surface area (Å²) in [5.41, 5.74) is 0.882. The molecule has 1 aromatic heterocycles. The number of halogens is 1. The van der Waals surface area contributed by atoms with Gasteiger partial charge in [-0.25, -0.2) is 4.68 Å². The third-order valence-electron chi connectivity index (χ3n) is 2.09. The quantitative estimate of drug-likeness (QED) is 0.837. The Kier molecular flexibility index (Phi) is 3.44. The van der Waals surface area contributed by atoms with Crippen LogP contribution in [0.25, 0.3) is 5.69 Å². The second-order valence-corrected chi connectivity index (χ2v) is 4.02. The van der Waals surface area contributed by atoms with Crippen LogP contribution in [0.3, 0.4) is 0 Å². The lowest BCUT2D eigenvalue weighted by molar-refractivity contribution is -0.118. The molecule has 0 aliphatic carbocycles. The van der Waals surface area contributed by atoms with Crippen molar-refractivity contribution in [1.29, 1.82) is 0 Å². The minimum absolute atomic E-state index is 0.0238. The Morgan fingerprint density at radius 1 is 1.41 bits per heavy atom. The van der Waals surface area contributed by atoms with Crippen LogP contribution in [-0.4, -0.2) is 22.2 Å². The molecule has 2 rings (SSSR count). The summed E-state index contributed by atoms with van der Waals surface area (Å²) in [4.78, 5) is 10.8. The minimum atomic E-state index is -0.0238. The Balaban J connectivity index is 2.12. The molecule has 0 aliphatic heterocycles. The Bertz CT molecular complexity index is 520. The Labute approximate surface area is 104 Å². The van der Waals surface area contributed by atoms with Gasteiger partial charge in [0.25, 0.3) is 0 Å². The first-order chi connectivity index (χ1) is 8.15. The number of carbonyl (C=O) groups excluding carboxylic acids is 1. The fourth-order valence-electron chi connectivity index (χ4n) is 1.30. The van der Waals surface area contributed by atoms with Crippen molar-refractivity contribution in [2.24, 2.45) is 0 Å². The summed E-state index contributed by atoms with van der Waals surface area (Å²) in [7, 11) is 0. The molecule has 0 radical (unpaired) electrons. The summed E-state index contributed by atoms with van der Waals surface area (Å²) in [6.07, 6.45) is 3.28. The molecule has 0 aliphatic rings. The van der Waals surface area contributed by atoms with E-state index in [1.165, 1.54) is 6.92 Å². The van der Waals surface area contributed by atoms with Crippen LogP contribution in [0.2, 0.25) is 5.02 Å². The van der Waals surface area contributed by atoms with Crippen molar-refractivity contribution in [2.75, 3.05) is 6.61 Å². The SMILES string of the molecule is CC(=O)COc1cnn(-c2ccc(Cl)cc2)c1. The first kappa shape index (κ1) is 11.7. The predicted molar refractivity (Wildman–Crippen MR) is 64.8 cm³/mol. The van der Waals surface area contributed by atoms with Gasteiger partial charge in [0.2, 0.25) is 0 Å². The van der Waals surface area contributed by atoms with Gasteiger partial charge in [0.15, 0.2) is 11.5 Å². The van der Waals surface area contributed by atoms with Crippen molar-refractivity contribution >= 4 is 17.4 Å². The molecule has 4 nitrogen and oxygen atoms in total. The first-order valence-electron chi connectivity index (χ1n) is 5.08. The summed E-state index contributed by atoms with van der Waals surface area (Å²) < 4.78 is 6.89. The molecule has 0 saturated heterocycles. The molecule has 88 valence electrons. The van der Waals surface area contributed by atoms with Crippen LogP contribution in [0.4, 0.5) is 0 Å². The molecule has 0 amide bonds. The monoisotopic (exact) mass is 250 g/mol. The van der Waals surface area contributed by atoms with E-state index in [1.54, 1.807) is 29.2 Å². The van der Waals surface area contributed by atoms with Gasteiger partial charge in [0.05, 0.1) is 18.1 Å². The second-order valence-electron chi connectivity index (χ2n) is 3.59. The molecular formula is C12H11ClN2O2. The largest absolute Gasteiger partial charge is 0.483 e. The third-order valence-corrected chi connectivity index (χ3v) is 2.34. The van der Waals surface area contributed by atoms with Gasteiger partial charge in [0, 0.05) is 5.02 Å². The molecule has 1 heterocycles. The van der Waals surface area contributed by atoms with Gasteiger partial charge in [-0.1, -0.05) is 11.6 Å². The van der Waals surface area contributed by atoms with Crippen molar-refractivity contribution in [1.82, 2.24) is 9.78 Å². The summed E-state index contributed by atoms with van der Waals surface area (Å²) >= 11 is 5.80. The summed E-state index contributed by atoms with van der Waals surface area (Å²) in [6, 6.07) is 7.28. The maximum Gasteiger partial charge on any atom is 0.167 e. The van der Waals surface area contributed by atoms with E-state index in [0.29, 0.717) is 10.8 Å². The van der Waals surface area contributed by atoms with Crippen LogP contribution in [0.5, 0.6) is 5.75 Å². The van der Waals surface area contributed by atoms with Crippen molar-refractivity contribution in [3.63, 3.8) is 0 Å². The normalized spacial score (nSPS) is 10.2. The van der Waals surface area contributed by atoms with Crippen LogP contribution >= 0.6 is 11.6 Å². The highest BCUT2D eigenvalue weighted by Gasteiger charge is 2.02. The number of nitrogens with zero attached hydrogens (tertiary/aromatic N) is 2. The topological polar surface area (TPSA) is 44.1 Å². The highest BCUT2D eigenvalue weighted by atomic mass is 35.5. The van der Waals surface area contributed by atoms with E-state index in [0.717, 1.165) is 5.69 Å². The fourth-order valence-corrected chi connectivity index (χ4v) is 1.43. The maximum atomic E-state index is 10.8. The Hall–Kier alpha value is -1.81. The average molecular weight is 251 g/mol. The molecule has 5 heteroatoms. The molecule has 1 aromatic carbocycles. The molecule has 0 N–H and O–H groups in total. The van der Waals surface area contributed by atoms with Crippen molar-refractivity contribution < 1.29 is 9.53 Å². The zero-order valence-electron chi connectivity index (χ0n) is 9.26. The molecule has 0 saturated carbocycles. The van der Waals surface area contributed by atoms with Crippen LogP contribution in [0.15, 0.2) is 36.7 Å².